The van der Waals surface area contributed by atoms with Crippen LogP contribution in [0.25, 0.3) is 11.0 Å². The highest BCUT2D eigenvalue weighted by molar-refractivity contribution is 5.96. The van der Waals surface area contributed by atoms with Gasteiger partial charge >= 0.3 is 0 Å². The second-order valence-corrected chi connectivity index (χ2v) is 8.01. The van der Waals surface area contributed by atoms with Crippen molar-refractivity contribution in [1.82, 2.24) is 19.7 Å². The Hall–Kier alpha value is -3.39. The number of hydrogen-bond donors (Lipinski definition) is 0. The van der Waals surface area contributed by atoms with Crippen molar-refractivity contribution in [3.63, 3.8) is 0 Å². The molecule has 32 heavy (non-hydrogen) atoms. The molecule has 4 rings (SSSR count). The summed E-state index contributed by atoms with van der Waals surface area (Å²) in [6.07, 6.45) is 6.55. The molecule has 1 fully saturated rings. The van der Waals surface area contributed by atoms with Gasteiger partial charge in [0.25, 0.3) is 0 Å². The highest BCUT2D eigenvalue weighted by atomic mass is 16.5. The van der Waals surface area contributed by atoms with Crippen molar-refractivity contribution in [3.05, 3.63) is 60.2 Å². The molecule has 0 bridgehead atoms. The number of Topliss-reactive ketones (excluding diaryl/α,β-unsaturated/α-hetero) is 1. The number of carbonyl (C=O) groups excluding carboxylic acids is 1. The van der Waals surface area contributed by atoms with Crippen molar-refractivity contribution in [1.29, 1.82) is 0 Å². The van der Waals surface area contributed by atoms with Gasteiger partial charge in [-0.05, 0) is 36.6 Å². The van der Waals surface area contributed by atoms with Gasteiger partial charge < -0.3 is 19.1 Å². The fraction of sp³-hybridized carbons (Fsp3) is 0.375. The molecule has 1 saturated heterocycles. The van der Waals surface area contributed by atoms with Crippen molar-refractivity contribution in [2.45, 2.75) is 19.4 Å². The van der Waals surface area contributed by atoms with Gasteiger partial charge in [0.05, 0.1) is 25.2 Å². The zero-order valence-electron chi connectivity index (χ0n) is 18.7. The van der Waals surface area contributed by atoms with E-state index in [9.17, 15) is 4.79 Å². The number of pyridine rings is 1. The lowest BCUT2D eigenvalue weighted by molar-refractivity contribution is -0.124. The summed E-state index contributed by atoms with van der Waals surface area (Å²) in [5, 5.41) is 5.26. The Morgan fingerprint density at radius 2 is 1.97 bits per heavy atom. The molecule has 1 aliphatic rings. The van der Waals surface area contributed by atoms with Crippen molar-refractivity contribution in [3.8, 4) is 11.5 Å². The van der Waals surface area contributed by atoms with Crippen LogP contribution in [0.5, 0.6) is 11.5 Å². The molecule has 3 heterocycles. The standard InChI is InChI=1S/C24H28N4O4/c1-27(2)16-22(23(29)18-9-12-31-13-10-18)32-21-8-11-25-24-20(21)14-26-28(24)15-17-4-6-19(30-3)7-5-17/h4-8,11,14,16,18H,9-10,12-13,15H2,1-3H3/b22-16+. The molecule has 2 aromatic heterocycles. The number of carbonyl (C=O) groups is 1. The predicted octanol–water partition coefficient (Wildman–Crippen LogP) is 3.27. The zero-order valence-corrected chi connectivity index (χ0v) is 18.7. The number of benzene rings is 1. The van der Waals surface area contributed by atoms with Crippen LogP contribution in [0, 0.1) is 5.92 Å². The molecule has 1 aromatic carbocycles. The normalized spacial score (nSPS) is 15.0. The van der Waals surface area contributed by atoms with E-state index in [1.54, 1.807) is 31.8 Å². The third-order valence-corrected chi connectivity index (χ3v) is 5.42. The Balaban J connectivity index is 1.59. The molecule has 0 amide bonds. The number of nitrogens with zero attached hydrogens (tertiary/aromatic N) is 4. The molecule has 0 N–H and O–H groups in total. The van der Waals surface area contributed by atoms with Crippen molar-refractivity contribution in [2.24, 2.45) is 5.92 Å². The van der Waals surface area contributed by atoms with E-state index in [1.807, 2.05) is 47.9 Å². The molecule has 0 aliphatic carbocycles. The van der Waals surface area contributed by atoms with Crippen LogP contribution in [0.4, 0.5) is 0 Å². The minimum absolute atomic E-state index is 0.00223. The lowest BCUT2D eigenvalue weighted by Gasteiger charge is -2.22. The Kier molecular flexibility index (Phi) is 6.70. The summed E-state index contributed by atoms with van der Waals surface area (Å²) < 4.78 is 18.6. The van der Waals surface area contributed by atoms with Gasteiger partial charge in [-0.1, -0.05) is 12.1 Å². The summed E-state index contributed by atoms with van der Waals surface area (Å²) >= 11 is 0. The smallest absolute Gasteiger partial charge is 0.202 e. The van der Waals surface area contributed by atoms with Crippen LogP contribution in [0.15, 0.2) is 54.7 Å². The Morgan fingerprint density at radius 3 is 2.66 bits per heavy atom. The molecular weight excluding hydrogens is 408 g/mol. The predicted molar refractivity (Wildman–Crippen MR) is 121 cm³/mol. The van der Waals surface area contributed by atoms with Crippen LogP contribution in [0.3, 0.4) is 0 Å². The van der Waals surface area contributed by atoms with Crippen LogP contribution in [0.1, 0.15) is 18.4 Å². The largest absolute Gasteiger partial charge is 0.497 e. The molecule has 0 radical (unpaired) electrons. The maximum Gasteiger partial charge on any atom is 0.202 e. The number of ether oxygens (including phenoxy) is 3. The topological polar surface area (TPSA) is 78.7 Å². The molecule has 1 aliphatic heterocycles. The number of fused-ring (bicyclic) bond motifs is 1. The van der Waals surface area contributed by atoms with Crippen molar-refractivity contribution < 1.29 is 19.0 Å². The van der Waals surface area contributed by atoms with E-state index in [4.69, 9.17) is 14.2 Å². The van der Waals surface area contributed by atoms with E-state index in [0.717, 1.165) is 16.7 Å². The van der Waals surface area contributed by atoms with Gasteiger partial charge in [-0.15, -0.1) is 0 Å². The number of aromatic nitrogens is 3. The summed E-state index contributed by atoms with van der Waals surface area (Å²) in [4.78, 5) is 19.5. The van der Waals surface area contributed by atoms with Gasteiger partial charge in [-0.25, -0.2) is 9.67 Å². The van der Waals surface area contributed by atoms with E-state index in [0.29, 0.717) is 49.8 Å². The minimum Gasteiger partial charge on any atom is -0.497 e. The van der Waals surface area contributed by atoms with E-state index in [-0.39, 0.29) is 11.7 Å². The number of ketones is 1. The number of hydrogen-bond acceptors (Lipinski definition) is 7. The van der Waals surface area contributed by atoms with Crippen LogP contribution < -0.4 is 9.47 Å². The summed E-state index contributed by atoms with van der Waals surface area (Å²) in [6.45, 7) is 1.76. The van der Waals surface area contributed by atoms with E-state index in [2.05, 4.69) is 10.1 Å². The van der Waals surface area contributed by atoms with Gasteiger partial charge in [0.2, 0.25) is 5.78 Å². The summed E-state index contributed by atoms with van der Waals surface area (Å²) in [5.74, 6) is 1.59. The first-order chi connectivity index (χ1) is 15.5. The van der Waals surface area contributed by atoms with E-state index in [1.165, 1.54) is 0 Å². The summed E-state index contributed by atoms with van der Waals surface area (Å²) in [6, 6.07) is 9.60. The molecule has 8 heteroatoms. The van der Waals surface area contributed by atoms with Crippen molar-refractivity contribution >= 4 is 16.8 Å². The van der Waals surface area contributed by atoms with Gasteiger partial charge in [-0.3, -0.25) is 4.79 Å². The first-order valence-electron chi connectivity index (χ1n) is 10.7. The fourth-order valence-corrected chi connectivity index (χ4v) is 3.72. The molecular formula is C24H28N4O4. The van der Waals surface area contributed by atoms with Crippen LogP contribution >= 0.6 is 0 Å². The highest BCUT2D eigenvalue weighted by Gasteiger charge is 2.27. The van der Waals surface area contributed by atoms with Crippen LogP contribution in [-0.2, 0) is 16.1 Å². The number of methoxy groups -OCH3 is 1. The second-order valence-electron chi connectivity index (χ2n) is 8.01. The third kappa shape index (κ3) is 4.91. The maximum atomic E-state index is 13.2. The first-order valence-corrected chi connectivity index (χ1v) is 10.7. The fourth-order valence-electron chi connectivity index (χ4n) is 3.72. The molecule has 0 unspecified atom stereocenters. The van der Waals surface area contributed by atoms with Gasteiger partial charge in [-0.2, -0.15) is 5.10 Å². The summed E-state index contributed by atoms with van der Waals surface area (Å²) in [7, 11) is 5.39. The highest BCUT2D eigenvalue weighted by Crippen LogP contribution is 2.28. The summed E-state index contributed by atoms with van der Waals surface area (Å²) in [5.41, 5.74) is 1.77. The van der Waals surface area contributed by atoms with E-state index >= 15 is 0 Å². The Labute approximate surface area is 187 Å². The van der Waals surface area contributed by atoms with Gasteiger partial charge in [0, 0.05) is 45.6 Å². The Morgan fingerprint density at radius 1 is 1.22 bits per heavy atom. The molecule has 0 saturated carbocycles. The molecule has 0 spiro atoms. The Bertz CT molecular complexity index is 1100. The van der Waals surface area contributed by atoms with Crippen molar-refractivity contribution in [2.75, 3.05) is 34.4 Å². The zero-order chi connectivity index (χ0) is 22.5. The maximum absolute atomic E-state index is 13.2. The molecule has 168 valence electrons. The SMILES string of the molecule is COc1ccc(Cn2ncc3c(O/C(=C/N(C)C)C(=O)C4CCOCC4)ccnc32)cc1. The van der Waals surface area contributed by atoms with Crippen LogP contribution in [0.2, 0.25) is 0 Å². The lowest BCUT2D eigenvalue weighted by atomic mass is 9.94. The third-order valence-electron chi connectivity index (χ3n) is 5.42. The molecule has 3 aromatic rings. The monoisotopic (exact) mass is 436 g/mol. The van der Waals surface area contributed by atoms with Gasteiger partial charge in [0.15, 0.2) is 11.4 Å². The lowest BCUT2D eigenvalue weighted by Crippen LogP contribution is -2.27. The first kappa shape index (κ1) is 21.8. The van der Waals surface area contributed by atoms with Gasteiger partial charge in [0.1, 0.15) is 11.5 Å². The quantitative estimate of drug-likeness (QED) is 0.396. The average molecular weight is 437 g/mol. The number of allylic oxidation sites excluding steroid dienone is 1. The minimum atomic E-state index is -0.0925. The molecule has 0 atom stereocenters. The molecule has 8 nitrogen and oxygen atoms in total. The average Bonchev–Trinajstić information content (AvgIpc) is 3.22. The van der Waals surface area contributed by atoms with Crippen LogP contribution in [-0.4, -0.2) is 59.9 Å². The number of rotatable bonds is 8. The van der Waals surface area contributed by atoms with E-state index < -0.39 is 0 Å². The second kappa shape index (κ2) is 9.82.